The fraction of sp³-hybridized carbons (Fsp3) is 0.464. The van der Waals surface area contributed by atoms with Crippen LogP contribution in [0, 0.1) is 5.92 Å². The van der Waals surface area contributed by atoms with Crippen molar-refractivity contribution < 1.29 is 14.4 Å². The van der Waals surface area contributed by atoms with Crippen molar-refractivity contribution in [1.29, 1.82) is 0 Å². The molecule has 2 atom stereocenters. The maximum absolute atomic E-state index is 13.7. The van der Waals surface area contributed by atoms with E-state index in [0.29, 0.717) is 31.3 Å². The van der Waals surface area contributed by atoms with Crippen LogP contribution >= 0.6 is 0 Å². The van der Waals surface area contributed by atoms with Gasteiger partial charge in [0.05, 0.1) is 6.04 Å². The highest BCUT2D eigenvalue weighted by Crippen LogP contribution is 2.42. The molecule has 1 saturated carbocycles. The molecule has 3 N–H and O–H groups in total. The number of imide groups is 1. The number of benzene rings is 2. The maximum atomic E-state index is 13.7. The van der Waals surface area contributed by atoms with Gasteiger partial charge < -0.3 is 20.9 Å². The van der Waals surface area contributed by atoms with Crippen LogP contribution in [0.25, 0.3) is 0 Å². The zero-order valence-corrected chi connectivity index (χ0v) is 20.6. The van der Waals surface area contributed by atoms with Gasteiger partial charge in [0.15, 0.2) is 0 Å². The second kappa shape index (κ2) is 8.92. The maximum Gasteiger partial charge on any atom is 0.325 e. The highest BCUT2D eigenvalue weighted by atomic mass is 16.2. The monoisotopic (exact) mass is 487 g/mol. The molecule has 2 aromatic rings. The van der Waals surface area contributed by atoms with Gasteiger partial charge in [-0.1, -0.05) is 36.4 Å². The van der Waals surface area contributed by atoms with Gasteiger partial charge in [-0.2, -0.15) is 0 Å². The van der Waals surface area contributed by atoms with Crippen molar-refractivity contribution in [3.63, 3.8) is 0 Å². The third-order valence-corrected chi connectivity index (χ3v) is 8.27. The molecule has 2 saturated heterocycles. The molecular weight excluding hydrogens is 454 g/mol. The van der Waals surface area contributed by atoms with Crippen LogP contribution < -0.4 is 16.0 Å². The highest BCUT2D eigenvalue weighted by molar-refractivity contribution is 6.10. The van der Waals surface area contributed by atoms with Gasteiger partial charge in [0.25, 0.3) is 5.91 Å². The number of hydrogen-bond donors (Lipinski definition) is 3. The summed E-state index contributed by atoms with van der Waals surface area (Å²) in [5.41, 5.74) is 2.92. The molecule has 2 heterocycles. The predicted octanol–water partition coefficient (Wildman–Crippen LogP) is 2.59. The largest absolute Gasteiger partial charge is 0.380 e. The summed E-state index contributed by atoms with van der Waals surface area (Å²) >= 11 is 0. The Bertz CT molecular complexity index is 1190. The van der Waals surface area contributed by atoms with E-state index in [-0.39, 0.29) is 24.4 Å². The summed E-state index contributed by atoms with van der Waals surface area (Å²) in [6.45, 7) is 4.20. The van der Waals surface area contributed by atoms with Crippen molar-refractivity contribution in [1.82, 2.24) is 20.4 Å². The second-order valence-electron chi connectivity index (χ2n) is 10.7. The summed E-state index contributed by atoms with van der Waals surface area (Å²) in [6, 6.07) is 15.9. The van der Waals surface area contributed by atoms with Gasteiger partial charge in [-0.3, -0.25) is 14.5 Å². The van der Waals surface area contributed by atoms with Gasteiger partial charge in [0.1, 0.15) is 12.1 Å². The normalized spacial score (nSPS) is 23.9. The minimum absolute atomic E-state index is 0.0661. The molecule has 8 nitrogen and oxygen atoms in total. The standard InChI is InChI=1S/C28H33N5O3/c1-18(20-7-8-20)32(16-19-5-3-2-4-6-19)25(34)17-33-26(35)28(31-27(33)36)12-11-21-13-22(9-10-24(21)28)30-23-14-29-15-23/h2-6,9-10,13,18,20,23,29-30H,7-8,11-12,14-17H2,1H3,(H,31,36). The van der Waals surface area contributed by atoms with Gasteiger partial charge in [0.2, 0.25) is 5.91 Å². The molecule has 0 bridgehead atoms. The first-order valence-corrected chi connectivity index (χ1v) is 13.0. The molecular formula is C28H33N5O3. The minimum atomic E-state index is -1.07. The lowest BCUT2D eigenvalue weighted by Crippen LogP contribution is -2.51. The fourth-order valence-corrected chi connectivity index (χ4v) is 5.81. The van der Waals surface area contributed by atoms with Crippen LogP contribution in [0.1, 0.15) is 42.9 Å². The average Bonchev–Trinajstić information content (AvgIpc) is 3.61. The lowest BCUT2D eigenvalue weighted by atomic mass is 9.91. The smallest absolute Gasteiger partial charge is 0.325 e. The number of nitrogens with one attached hydrogen (secondary N) is 3. The van der Waals surface area contributed by atoms with Crippen LogP contribution in [0.4, 0.5) is 10.5 Å². The number of anilines is 1. The average molecular weight is 488 g/mol. The molecule has 6 rings (SSSR count). The molecule has 2 aromatic carbocycles. The summed E-state index contributed by atoms with van der Waals surface area (Å²) in [5.74, 6) is -0.0275. The first-order valence-electron chi connectivity index (χ1n) is 13.0. The molecule has 3 fully saturated rings. The Kier molecular flexibility index (Phi) is 5.71. The van der Waals surface area contributed by atoms with Gasteiger partial charge in [-0.25, -0.2) is 4.79 Å². The van der Waals surface area contributed by atoms with E-state index in [1.54, 1.807) is 0 Å². The van der Waals surface area contributed by atoms with Crippen LogP contribution in [0.15, 0.2) is 48.5 Å². The summed E-state index contributed by atoms with van der Waals surface area (Å²) in [4.78, 5) is 43.3. The molecule has 0 radical (unpaired) electrons. The van der Waals surface area contributed by atoms with Crippen LogP contribution in [0.5, 0.6) is 0 Å². The van der Waals surface area contributed by atoms with E-state index < -0.39 is 11.6 Å². The molecule has 8 heteroatoms. The van der Waals surface area contributed by atoms with Gasteiger partial charge in [-0.05, 0) is 67.3 Å². The summed E-state index contributed by atoms with van der Waals surface area (Å²) in [5, 5.41) is 9.72. The van der Waals surface area contributed by atoms with Crippen molar-refractivity contribution in [2.24, 2.45) is 5.92 Å². The van der Waals surface area contributed by atoms with Crippen molar-refractivity contribution >= 4 is 23.5 Å². The van der Waals surface area contributed by atoms with Gasteiger partial charge in [-0.15, -0.1) is 0 Å². The number of nitrogens with zero attached hydrogens (tertiary/aromatic N) is 2. The molecule has 2 unspecified atom stereocenters. The summed E-state index contributed by atoms with van der Waals surface area (Å²) in [7, 11) is 0. The molecule has 2 aliphatic heterocycles. The van der Waals surface area contributed by atoms with Crippen molar-refractivity contribution in [2.45, 2.75) is 56.8 Å². The summed E-state index contributed by atoms with van der Waals surface area (Å²) in [6.07, 6.45) is 3.44. The molecule has 2 aliphatic carbocycles. The number of urea groups is 1. The van der Waals surface area contributed by atoms with Crippen LogP contribution in [-0.4, -0.2) is 59.4 Å². The van der Waals surface area contributed by atoms with Crippen molar-refractivity contribution in [3.05, 3.63) is 65.2 Å². The second-order valence-corrected chi connectivity index (χ2v) is 10.7. The van der Waals surface area contributed by atoms with Crippen molar-refractivity contribution in [3.8, 4) is 0 Å². The predicted molar refractivity (Wildman–Crippen MR) is 136 cm³/mol. The zero-order chi connectivity index (χ0) is 24.9. The minimum Gasteiger partial charge on any atom is -0.380 e. The highest BCUT2D eigenvalue weighted by Gasteiger charge is 2.56. The number of rotatable bonds is 8. The topological polar surface area (TPSA) is 93.8 Å². The van der Waals surface area contributed by atoms with E-state index in [0.717, 1.165) is 53.2 Å². The number of amides is 4. The molecule has 0 aromatic heterocycles. The van der Waals surface area contributed by atoms with E-state index >= 15 is 0 Å². The first-order chi connectivity index (χ1) is 17.4. The third kappa shape index (κ3) is 4.03. The first kappa shape index (κ1) is 23.0. The van der Waals surface area contributed by atoms with Gasteiger partial charge in [0, 0.05) is 31.4 Å². The van der Waals surface area contributed by atoms with E-state index in [9.17, 15) is 14.4 Å². The lowest BCUT2D eigenvalue weighted by molar-refractivity contribution is -0.141. The quantitative estimate of drug-likeness (QED) is 0.498. The fourth-order valence-electron chi connectivity index (χ4n) is 5.81. The van der Waals surface area contributed by atoms with E-state index in [1.807, 2.05) is 47.4 Å². The molecule has 4 aliphatic rings. The van der Waals surface area contributed by atoms with E-state index in [1.165, 1.54) is 0 Å². The van der Waals surface area contributed by atoms with Crippen molar-refractivity contribution in [2.75, 3.05) is 25.0 Å². The van der Waals surface area contributed by atoms with Gasteiger partial charge >= 0.3 is 6.03 Å². The SMILES string of the molecule is CC(C1CC1)N(Cc1ccccc1)C(=O)CN1C(=O)NC2(CCc3cc(NC4CNC4)ccc32)C1=O. The Morgan fingerprint density at radius 3 is 2.64 bits per heavy atom. The number of hydrogen-bond acceptors (Lipinski definition) is 5. The Morgan fingerprint density at radius 1 is 1.17 bits per heavy atom. The number of fused-ring (bicyclic) bond motifs is 2. The molecule has 1 spiro atoms. The Hall–Kier alpha value is -3.39. The Labute approximate surface area is 211 Å². The molecule has 4 amide bonds. The van der Waals surface area contributed by atoms with E-state index in [2.05, 4.69) is 28.9 Å². The lowest BCUT2D eigenvalue weighted by Gasteiger charge is -2.31. The molecule has 188 valence electrons. The third-order valence-electron chi connectivity index (χ3n) is 8.27. The summed E-state index contributed by atoms with van der Waals surface area (Å²) < 4.78 is 0. The van der Waals surface area contributed by atoms with Crippen LogP contribution in [-0.2, 0) is 28.1 Å². The van der Waals surface area contributed by atoms with Crippen LogP contribution in [0.3, 0.4) is 0 Å². The molecule has 36 heavy (non-hydrogen) atoms. The number of carbonyl (C=O) groups is 3. The Morgan fingerprint density at radius 2 is 1.94 bits per heavy atom. The van der Waals surface area contributed by atoms with Crippen LogP contribution in [0.2, 0.25) is 0 Å². The van der Waals surface area contributed by atoms with E-state index in [4.69, 9.17) is 0 Å². The number of aryl methyl sites for hydroxylation is 1. The zero-order valence-electron chi connectivity index (χ0n) is 20.6. The number of carbonyl (C=O) groups excluding carboxylic acids is 3. The Balaban J connectivity index is 1.20.